The zero-order valence-electron chi connectivity index (χ0n) is 24.0. The normalized spacial score (nSPS) is 16.0. The first-order valence-corrected chi connectivity index (χ1v) is 14.0. The molecule has 1 atom stereocenters. The number of rotatable bonds is 8. The molecule has 0 spiro atoms. The maximum atomic E-state index is 13.9. The van der Waals surface area contributed by atoms with E-state index in [-0.39, 0.29) is 12.2 Å². The van der Waals surface area contributed by atoms with Crippen molar-refractivity contribution >= 4 is 29.1 Å². The van der Waals surface area contributed by atoms with Crippen molar-refractivity contribution in [2.24, 2.45) is 4.99 Å². The second-order valence-corrected chi connectivity index (χ2v) is 10.5. The molecule has 1 aliphatic heterocycles. The molecule has 2 aromatic carbocycles. The third-order valence-corrected chi connectivity index (χ3v) is 7.84. The van der Waals surface area contributed by atoms with Gasteiger partial charge >= 0.3 is 5.97 Å². The Balaban J connectivity index is 1.85. The smallest absolute Gasteiger partial charge is 0.338 e. The van der Waals surface area contributed by atoms with E-state index >= 15 is 0 Å². The molecule has 7 nitrogen and oxygen atoms in total. The second kappa shape index (κ2) is 12.3. The molecule has 0 fully saturated rings. The quantitative estimate of drug-likeness (QED) is 0.347. The van der Waals surface area contributed by atoms with E-state index in [1.807, 2.05) is 50.3 Å². The number of fused-ring (bicyclic) bond motifs is 1. The number of benzene rings is 2. The topological polar surface area (TPSA) is 73.1 Å². The molecule has 0 bridgehead atoms. The minimum absolute atomic E-state index is 0.215. The van der Waals surface area contributed by atoms with Gasteiger partial charge in [0.25, 0.3) is 5.56 Å². The van der Waals surface area contributed by atoms with Crippen molar-refractivity contribution in [1.29, 1.82) is 0 Å². The summed E-state index contributed by atoms with van der Waals surface area (Å²) in [6.45, 7) is 11.9. The van der Waals surface area contributed by atoms with Gasteiger partial charge in [0, 0.05) is 17.1 Å². The zero-order chi connectivity index (χ0) is 29.0. The van der Waals surface area contributed by atoms with Crippen LogP contribution < -0.4 is 24.5 Å². The van der Waals surface area contributed by atoms with E-state index in [0.29, 0.717) is 26.4 Å². The standard InChI is InChI=1S/C32H35N3O4S/c1-8-21(4)34(25-15-10-20(3)11-16-25)22(5)12-19-27-30(36)35-29(24-13-17-26(38-7)18-14-24)28(31(37)39-9-2)23(6)33-32(35)40-27/h8,10-19,29H,9H2,1-7H3/b21-8-,22-12+,27-19-. The summed E-state index contributed by atoms with van der Waals surface area (Å²) in [7, 11) is 1.60. The molecule has 1 unspecified atom stereocenters. The minimum Gasteiger partial charge on any atom is -0.497 e. The van der Waals surface area contributed by atoms with Crippen LogP contribution in [0.4, 0.5) is 5.69 Å². The number of carbonyl (C=O) groups excluding carboxylic acids is 1. The first-order chi connectivity index (χ1) is 19.2. The van der Waals surface area contributed by atoms with Gasteiger partial charge in [-0.2, -0.15) is 0 Å². The number of thiazole rings is 1. The lowest BCUT2D eigenvalue weighted by Gasteiger charge is -2.26. The second-order valence-electron chi connectivity index (χ2n) is 9.51. The van der Waals surface area contributed by atoms with E-state index in [4.69, 9.17) is 9.47 Å². The Bertz CT molecular complexity index is 1670. The number of hydrogen-bond donors (Lipinski definition) is 0. The summed E-state index contributed by atoms with van der Waals surface area (Å²) >= 11 is 1.30. The number of carbonyl (C=O) groups is 1. The van der Waals surface area contributed by atoms with Gasteiger partial charge in [-0.1, -0.05) is 47.2 Å². The number of allylic oxidation sites excluding steroid dienone is 5. The molecule has 40 heavy (non-hydrogen) atoms. The molecule has 0 N–H and O–H groups in total. The van der Waals surface area contributed by atoms with Crippen molar-refractivity contribution in [3.8, 4) is 5.75 Å². The van der Waals surface area contributed by atoms with Gasteiger partial charge in [-0.05, 0) is 83.5 Å². The van der Waals surface area contributed by atoms with E-state index in [9.17, 15) is 9.59 Å². The fraction of sp³-hybridized carbons (Fsp3) is 0.281. The van der Waals surface area contributed by atoms with Crippen LogP contribution in [-0.2, 0) is 9.53 Å². The van der Waals surface area contributed by atoms with Gasteiger partial charge < -0.3 is 14.4 Å². The summed E-state index contributed by atoms with van der Waals surface area (Å²) in [5.41, 5.74) is 5.70. The van der Waals surface area contributed by atoms with Crippen LogP contribution in [0.5, 0.6) is 5.75 Å². The number of aromatic nitrogens is 1. The summed E-state index contributed by atoms with van der Waals surface area (Å²) in [6.07, 6.45) is 5.83. The van der Waals surface area contributed by atoms with E-state index < -0.39 is 12.0 Å². The van der Waals surface area contributed by atoms with Gasteiger partial charge in [-0.15, -0.1) is 0 Å². The molecule has 0 aliphatic carbocycles. The fourth-order valence-corrected chi connectivity index (χ4v) is 5.67. The predicted octanol–water partition coefficient (Wildman–Crippen LogP) is 5.40. The lowest BCUT2D eigenvalue weighted by Crippen LogP contribution is -2.39. The number of esters is 1. The molecule has 1 aromatic heterocycles. The Morgan fingerprint density at radius 3 is 2.35 bits per heavy atom. The van der Waals surface area contributed by atoms with Crippen molar-refractivity contribution in [3.05, 3.63) is 114 Å². The zero-order valence-corrected chi connectivity index (χ0v) is 24.8. The molecule has 0 saturated carbocycles. The number of hydrogen-bond acceptors (Lipinski definition) is 7. The monoisotopic (exact) mass is 557 g/mol. The lowest BCUT2D eigenvalue weighted by molar-refractivity contribution is -0.139. The van der Waals surface area contributed by atoms with Gasteiger partial charge in [-0.3, -0.25) is 9.36 Å². The Kier molecular flexibility index (Phi) is 8.90. The van der Waals surface area contributed by atoms with Crippen molar-refractivity contribution in [3.63, 3.8) is 0 Å². The van der Waals surface area contributed by atoms with Crippen molar-refractivity contribution in [2.45, 2.75) is 47.6 Å². The summed E-state index contributed by atoms with van der Waals surface area (Å²) in [5, 5.41) is 0. The first-order valence-electron chi connectivity index (χ1n) is 13.2. The minimum atomic E-state index is -0.664. The average molecular weight is 558 g/mol. The molecule has 208 valence electrons. The van der Waals surface area contributed by atoms with Crippen molar-refractivity contribution < 1.29 is 14.3 Å². The highest BCUT2D eigenvalue weighted by molar-refractivity contribution is 7.07. The van der Waals surface area contributed by atoms with Crippen molar-refractivity contribution in [2.75, 3.05) is 18.6 Å². The highest BCUT2D eigenvalue weighted by Gasteiger charge is 2.33. The Hall–Kier alpha value is -4.17. The van der Waals surface area contributed by atoms with E-state index in [0.717, 1.165) is 22.6 Å². The van der Waals surface area contributed by atoms with Crippen LogP contribution in [0.1, 0.15) is 51.8 Å². The van der Waals surface area contributed by atoms with E-state index in [1.54, 1.807) is 25.5 Å². The molecule has 0 saturated heterocycles. The molecule has 1 aliphatic rings. The van der Waals surface area contributed by atoms with Gasteiger partial charge in [0.15, 0.2) is 4.80 Å². The molecule has 8 heteroatoms. The lowest BCUT2D eigenvalue weighted by atomic mass is 9.96. The van der Waals surface area contributed by atoms with Crippen LogP contribution in [0.15, 0.2) is 93.1 Å². The highest BCUT2D eigenvalue weighted by atomic mass is 32.1. The molecule has 2 heterocycles. The summed E-state index contributed by atoms with van der Waals surface area (Å²) in [5.74, 6) is 0.204. The van der Waals surface area contributed by atoms with E-state index in [2.05, 4.69) is 54.1 Å². The predicted molar refractivity (Wildman–Crippen MR) is 161 cm³/mol. The summed E-state index contributed by atoms with van der Waals surface area (Å²) in [6, 6.07) is 15.0. The maximum absolute atomic E-state index is 13.9. The number of anilines is 1. The largest absolute Gasteiger partial charge is 0.497 e. The van der Waals surface area contributed by atoms with Crippen molar-refractivity contribution in [1.82, 2.24) is 4.57 Å². The summed E-state index contributed by atoms with van der Waals surface area (Å²) < 4.78 is 12.8. The van der Waals surface area contributed by atoms with Crippen LogP contribution >= 0.6 is 11.3 Å². The molecule has 0 radical (unpaired) electrons. The Morgan fingerprint density at radius 1 is 1.07 bits per heavy atom. The van der Waals surface area contributed by atoms with Crippen LogP contribution in [0, 0.1) is 6.92 Å². The summed E-state index contributed by atoms with van der Waals surface area (Å²) in [4.78, 5) is 34.3. The van der Waals surface area contributed by atoms with Gasteiger partial charge in [0.05, 0.1) is 35.6 Å². The third-order valence-electron chi connectivity index (χ3n) is 6.84. The molecule has 0 amide bonds. The Labute approximate surface area is 238 Å². The van der Waals surface area contributed by atoms with Gasteiger partial charge in [0.1, 0.15) is 5.75 Å². The van der Waals surface area contributed by atoms with Gasteiger partial charge in [0.2, 0.25) is 0 Å². The molecular formula is C32H35N3O4S. The maximum Gasteiger partial charge on any atom is 0.338 e. The first kappa shape index (κ1) is 28.8. The average Bonchev–Trinajstić information content (AvgIpc) is 3.26. The van der Waals surface area contributed by atoms with Crippen LogP contribution in [-0.4, -0.2) is 24.3 Å². The number of aryl methyl sites for hydroxylation is 1. The van der Waals surface area contributed by atoms with E-state index in [1.165, 1.54) is 16.9 Å². The number of methoxy groups -OCH3 is 1. The number of ether oxygens (including phenoxy) is 2. The SMILES string of the molecule is C/C=C(/C)N(/C(C)=C/C=c1\sc2n(c1=O)C(c1ccc(OC)cc1)C(C(=O)OCC)=C(C)N=2)c1ccc(C)cc1. The molecule has 3 aromatic rings. The van der Waals surface area contributed by atoms with Crippen LogP contribution in [0.25, 0.3) is 6.08 Å². The molecular weight excluding hydrogens is 522 g/mol. The van der Waals surface area contributed by atoms with Crippen LogP contribution in [0.3, 0.4) is 0 Å². The third kappa shape index (κ3) is 5.72. The Morgan fingerprint density at radius 2 is 1.75 bits per heavy atom. The fourth-order valence-electron chi connectivity index (χ4n) is 4.69. The van der Waals surface area contributed by atoms with Crippen LogP contribution in [0.2, 0.25) is 0 Å². The van der Waals surface area contributed by atoms with Gasteiger partial charge in [-0.25, -0.2) is 9.79 Å². The molecule has 4 rings (SSSR count). The highest BCUT2D eigenvalue weighted by Crippen LogP contribution is 2.31. The number of nitrogens with zero attached hydrogens (tertiary/aromatic N) is 3.